The molecule has 1 aliphatic rings. The second-order valence-electron chi connectivity index (χ2n) is 8.91. The fourth-order valence-electron chi connectivity index (χ4n) is 4.75. The van der Waals surface area contributed by atoms with Gasteiger partial charge in [-0.25, -0.2) is 4.98 Å². The second-order valence-corrected chi connectivity index (χ2v) is 9.35. The molecule has 0 fully saturated rings. The highest BCUT2D eigenvalue weighted by Gasteiger charge is 2.36. The smallest absolute Gasteiger partial charge is 0.109 e. The zero-order valence-corrected chi connectivity index (χ0v) is 20.3. The van der Waals surface area contributed by atoms with Crippen LogP contribution in [0.25, 0.3) is 5.57 Å². The monoisotopic (exact) mass is 466 g/mol. The minimum Gasteiger partial charge on any atom is -0.345 e. The van der Waals surface area contributed by atoms with Crippen molar-refractivity contribution in [2.75, 3.05) is 11.9 Å². The predicted molar refractivity (Wildman–Crippen MR) is 141 cm³/mol. The lowest BCUT2D eigenvalue weighted by atomic mass is 9.79. The van der Waals surface area contributed by atoms with Gasteiger partial charge in [-0.3, -0.25) is 0 Å². The van der Waals surface area contributed by atoms with Crippen LogP contribution in [0.15, 0.2) is 97.6 Å². The second kappa shape index (κ2) is 8.32. The van der Waals surface area contributed by atoms with Crippen molar-refractivity contribution >= 4 is 22.9 Å². The summed E-state index contributed by atoms with van der Waals surface area (Å²) in [4.78, 5) is 6.48. The summed E-state index contributed by atoms with van der Waals surface area (Å²) < 4.78 is 1.97. The molecule has 34 heavy (non-hydrogen) atoms. The summed E-state index contributed by atoms with van der Waals surface area (Å²) in [6.45, 7) is 6.38. The lowest BCUT2D eigenvalue weighted by molar-refractivity contribution is 0.596. The first kappa shape index (κ1) is 22.2. The number of imidazole rings is 1. The summed E-state index contributed by atoms with van der Waals surface area (Å²) in [5.41, 5.74) is 15.8. The summed E-state index contributed by atoms with van der Waals surface area (Å²) in [5, 5.41) is 0.673. The molecule has 0 bridgehead atoms. The standard InChI is InChI=1S/C29H27ClN4/c1-19-6-5-7-21(14-19)25-15-20(2)34(4)27-13-10-23(16-26(25)27)29(31,28-17-32-18-33(28)3)22-8-11-24(30)12-9-22/h5-18H,2,31H2,1,3-4H3. The van der Waals surface area contributed by atoms with E-state index in [4.69, 9.17) is 17.3 Å². The highest BCUT2D eigenvalue weighted by atomic mass is 35.5. The van der Waals surface area contributed by atoms with E-state index < -0.39 is 5.54 Å². The van der Waals surface area contributed by atoms with Crippen LogP contribution in [-0.4, -0.2) is 16.6 Å². The van der Waals surface area contributed by atoms with Crippen LogP contribution in [0.4, 0.5) is 5.69 Å². The molecule has 5 rings (SSSR count). The first-order valence-electron chi connectivity index (χ1n) is 11.2. The predicted octanol–water partition coefficient (Wildman–Crippen LogP) is 6.03. The lowest BCUT2D eigenvalue weighted by Gasteiger charge is -2.34. The maximum Gasteiger partial charge on any atom is 0.109 e. The van der Waals surface area contributed by atoms with Gasteiger partial charge in [0.25, 0.3) is 0 Å². The average molecular weight is 467 g/mol. The van der Waals surface area contributed by atoms with E-state index >= 15 is 0 Å². The van der Waals surface area contributed by atoms with Gasteiger partial charge in [-0.2, -0.15) is 0 Å². The van der Waals surface area contributed by atoms with Crippen LogP contribution in [-0.2, 0) is 12.6 Å². The molecular formula is C29H27ClN4. The number of aryl methyl sites for hydroxylation is 2. The first-order valence-corrected chi connectivity index (χ1v) is 11.5. The molecule has 5 heteroatoms. The molecule has 1 aromatic heterocycles. The number of benzene rings is 3. The van der Waals surface area contributed by atoms with Crippen LogP contribution >= 0.6 is 11.6 Å². The summed E-state index contributed by atoms with van der Waals surface area (Å²) in [7, 11) is 4.01. The van der Waals surface area contributed by atoms with Gasteiger partial charge in [-0.15, -0.1) is 0 Å². The quantitative estimate of drug-likeness (QED) is 0.399. The molecule has 3 aromatic carbocycles. The fourth-order valence-corrected chi connectivity index (χ4v) is 4.88. The van der Waals surface area contributed by atoms with Gasteiger partial charge in [0.2, 0.25) is 0 Å². The van der Waals surface area contributed by atoms with E-state index in [1.165, 1.54) is 5.56 Å². The molecule has 4 nitrogen and oxygen atoms in total. The van der Waals surface area contributed by atoms with Crippen LogP contribution in [0.5, 0.6) is 0 Å². The first-order chi connectivity index (χ1) is 16.3. The minimum atomic E-state index is -0.921. The van der Waals surface area contributed by atoms with Gasteiger partial charge in [0.1, 0.15) is 5.54 Å². The van der Waals surface area contributed by atoms with Gasteiger partial charge >= 0.3 is 0 Å². The molecule has 0 aliphatic carbocycles. The number of rotatable bonds is 4. The normalized spacial score (nSPS) is 15.0. The summed E-state index contributed by atoms with van der Waals surface area (Å²) in [6.07, 6.45) is 5.76. The van der Waals surface area contributed by atoms with Gasteiger partial charge in [-0.1, -0.05) is 66.2 Å². The van der Waals surface area contributed by atoms with E-state index in [1.54, 1.807) is 6.33 Å². The zero-order chi connectivity index (χ0) is 24.0. The van der Waals surface area contributed by atoms with Crippen LogP contribution in [0, 0.1) is 6.92 Å². The third kappa shape index (κ3) is 3.56. The topological polar surface area (TPSA) is 47.1 Å². The van der Waals surface area contributed by atoms with E-state index in [0.29, 0.717) is 5.02 Å². The number of aromatic nitrogens is 2. The molecule has 0 spiro atoms. The number of fused-ring (bicyclic) bond motifs is 1. The molecule has 0 radical (unpaired) electrons. The highest BCUT2D eigenvalue weighted by molar-refractivity contribution is 6.30. The third-order valence-corrected chi connectivity index (χ3v) is 6.95. The number of hydrogen-bond acceptors (Lipinski definition) is 3. The maximum absolute atomic E-state index is 7.31. The Morgan fingerprint density at radius 1 is 0.971 bits per heavy atom. The van der Waals surface area contributed by atoms with Crippen molar-refractivity contribution < 1.29 is 0 Å². The molecule has 1 unspecified atom stereocenters. The Labute approximate surface area is 205 Å². The van der Waals surface area contributed by atoms with Crippen molar-refractivity contribution in [3.05, 3.63) is 136 Å². The number of nitrogens with two attached hydrogens (primary N) is 1. The van der Waals surface area contributed by atoms with Crippen LogP contribution in [0.1, 0.15) is 33.5 Å². The Morgan fingerprint density at radius 3 is 2.38 bits per heavy atom. The van der Waals surface area contributed by atoms with Gasteiger partial charge < -0.3 is 15.2 Å². The summed E-state index contributed by atoms with van der Waals surface area (Å²) >= 11 is 6.21. The zero-order valence-electron chi connectivity index (χ0n) is 19.6. The largest absolute Gasteiger partial charge is 0.345 e. The van der Waals surface area contributed by atoms with Crippen molar-refractivity contribution in [2.45, 2.75) is 12.5 Å². The van der Waals surface area contributed by atoms with Crippen molar-refractivity contribution in [1.29, 1.82) is 0 Å². The van der Waals surface area contributed by atoms with Crippen molar-refractivity contribution in [1.82, 2.24) is 9.55 Å². The van der Waals surface area contributed by atoms with Crippen molar-refractivity contribution in [3.63, 3.8) is 0 Å². The van der Waals surface area contributed by atoms with Gasteiger partial charge in [0.05, 0.1) is 18.2 Å². The van der Waals surface area contributed by atoms with E-state index in [1.807, 2.05) is 49.1 Å². The number of anilines is 1. The van der Waals surface area contributed by atoms with Crippen molar-refractivity contribution in [3.8, 4) is 0 Å². The Kier molecular flexibility index (Phi) is 5.43. The van der Waals surface area contributed by atoms with Gasteiger partial charge in [-0.05, 0) is 59.5 Å². The van der Waals surface area contributed by atoms with Crippen LogP contribution < -0.4 is 10.6 Å². The van der Waals surface area contributed by atoms with E-state index in [9.17, 15) is 0 Å². The Morgan fingerprint density at radius 2 is 1.71 bits per heavy atom. The molecule has 1 atom stereocenters. The maximum atomic E-state index is 7.31. The molecule has 2 N–H and O–H groups in total. The third-order valence-electron chi connectivity index (χ3n) is 6.69. The SMILES string of the molecule is C=C1C=C(c2cccc(C)c2)c2cc(C(N)(c3ccc(Cl)cc3)c3cncn3C)ccc2N1C. The van der Waals surface area contributed by atoms with E-state index in [0.717, 1.165) is 44.9 Å². The Hall–Kier alpha value is -3.60. The van der Waals surface area contributed by atoms with Gasteiger partial charge in [0, 0.05) is 36.1 Å². The van der Waals surface area contributed by atoms with E-state index in [2.05, 4.69) is 71.9 Å². The van der Waals surface area contributed by atoms with Crippen molar-refractivity contribution in [2.24, 2.45) is 12.8 Å². The van der Waals surface area contributed by atoms with Crippen LogP contribution in [0.3, 0.4) is 0 Å². The Bertz CT molecular complexity index is 1430. The lowest BCUT2D eigenvalue weighted by Crippen LogP contribution is -2.41. The van der Waals surface area contributed by atoms with E-state index in [-0.39, 0.29) is 0 Å². The number of nitrogens with zero attached hydrogens (tertiary/aromatic N) is 3. The molecule has 0 amide bonds. The number of halogens is 1. The molecule has 0 saturated heterocycles. The number of likely N-dealkylation sites (N-methyl/N-ethyl adjacent to an activating group) is 1. The summed E-state index contributed by atoms with van der Waals surface area (Å²) in [6, 6.07) is 22.7. The molecule has 170 valence electrons. The molecular weight excluding hydrogens is 440 g/mol. The van der Waals surface area contributed by atoms with Gasteiger partial charge in [0.15, 0.2) is 0 Å². The molecule has 0 saturated carbocycles. The number of hydrogen-bond donors (Lipinski definition) is 1. The minimum absolute atomic E-state index is 0.673. The summed E-state index contributed by atoms with van der Waals surface area (Å²) in [5.74, 6) is 0. The average Bonchev–Trinajstić information content (AvgIpc) is 3.27. The highest BCUT2D eigenvalue weighted by Crippen LogP contribution is 2.42. The fraction of sp³-hybridized carbons (Fsp3) is 0.138. The number of allylic oxidation sites excluding steroid dienone is 1. The van der Waals surface area contributed by atoms with Crippen LogP contribution in [0.2, 0.25) is 5.02 Å². The molecule has 1 aliphatic heterocycles. The Balaban J connectivity index is 1.76. The molecule has 4 aromatic rings. The molecule has 2 heterocycles.